The van der Waals surface area contributed by atoms with Crippen molar-refractivity contribution in [1.29, 1.82) is 0 Å². The van der Waals surface area contributed by atoms with E-state index in [9.17, 15) is 5.11 Å². The molecule has 15 heavy (non-hydrogen) atoms. The summed E-state index contributed by atoms with van der Waals surface area (Å²) >= 11 is 1.87. The minimum absolute atomic E-state index is 0.370. The molecule has 1 aliphatic rings. The van der Waals surface area contributed by atoms with E-state index in [0.717, 1.165) is 25.0 Å². The van der Waals surface area contributed by atoms with Crippen molar-refractivity contribution in [3.8, 4) is 0 Å². The van der Waals surface area contributed by atoms with E-state index in [1.807, 2.05) is 35.9 Å². The van der Waals surface area contributed by atoms with E-state index in [1.54, 1.807) is 0 Å². The molecular formula is C11H18N2OS. The second-order valence-corrected chi connectivity index (χ2v) is 5.84. The summed E-state index contributed by atoms with van der Waals surface area (Å²) in [6.07, 6.45) is 6.62. The fraction of sp³-hybridized carbons (Fsp3) is 0.727. The number of aromatic nitrogens is 2. The normalized spacial score (nSPS) is 31.0. The van der Waals surface area contributed by atoms with Gasteiger partial charge in [0.2, 0.25) is 0 Å². The number of hydrogen-bond acceptors (Lipinski definition) is 3. The smallest absolute Gasteiger partial charge is 0.0774 e. The molecule has 0 amide bonds. The van der Waals surface area contributed by atoms with Crippen LogP contribution in [0.4, 0.5) is 0 Å². The highest BCUT2D eigenvalue weighted by Gasteiger charge is 2.38. The lowest BCUT2D eigenvalue weighted by atomic mass is 9.90. The molecule has 2 heterocycles. The molecule has 0 aliphatic carbocycles. The Morgan fingerprint density at radius 1 is 1.73 bits per heavy atom. The average Bonchev–Trinajstić information content (AvgIpc) is 2.73. The number of aryl methyl sites for hydroxylation is 2. The lowest BCUT2D eigenvalue weighted by Gasteiger charge is -2.26. The molecule has 2 rings (SSSR count). The molecule has 2 unspecified atom stereocenters. The number of hydrogen-bond donors (Lipinski definition) is 1. The van der Waals surface area contributed by atoms with Crippen LogP contribution in [0, 0.1) is 0 Å². The first kappa shape index (κ1) is 11.0. The summed E-state index contributed by atoms with van der Waals surface area (Å²) in [5, 5.41) is 14.9. The van der Waals surface area contributed by atoms with Gasteiger partial charge in [-0.15, -0.1) is 0 Å². The number of rotatable bonds is 3. The third kappa shape index (κ3) is 2.37. The van der Waals surface area contributed by atoms with Crippen LogP contribution in [0.25, 0.3) is 0 Å². The number of thioether (sulfide) groups is 1. The Kier molecular flexibility index (Phi) is 3.07. The molecule has 1 saturated heterocycles. The van der Waals surface area contributed by atoms with Crippen LogP contribution >= 0.6 is 11.8 Å². The molecule has 0 spiro atoms. The summed E-state index contributed by atoms with van der Waals surface area (Å²) in [7, 11) is 1.92. The maximum absolute atomic E-state index is 10.4. The first-order valence-electron chi connectivity index (χ1n) is 5.42. The third-order valence-corrected chi connectivity index (χ3v) is 4.64. The van der Waals surface area contributed by atoms with Crippen molar-refractivity contribution in [3.63, 3.8) is 0 Å². The molecule has 2 atom stereocenters. The van der Waals surface area contributed by atoms with Crippen LogP contribution in [0.3, 0.4) is 0 Å². The van der Waals surface area contributed by atoms with E-state index in [4.69, 9.17) is 0 Å². The average molecular weight is 226 g/mol. The van der Waals surface area contributed by atoms with Gasteiger partial charge >= 0.3 is 0 Å². The van der Waals surface area contributed by atoms with E-state index >= 15 is 0 Å². The van der Waals surface area contributed by atoms with Crippen LogP contribution in [-0.4, -0.2) is 31.5 Å². The van der Waals surface area contributed by atoms with Crippen molar-refractivity contribution in [2.75, 3.05) is 5.75 Å². The molecule has 1 aliphatic heterocycles. The molecular weight excluding hydrogens is 208 g/mol. The van der Waals surface area contributed by atoms with Crippen LogP contribution in [0.2, 0.25) is 0 Å². The van der Waals surface area contributed by atoms with Gasteiger partial charge in [0.05, 0.1) is 11.8 Å². The predicted octanol–water partition coefficient (Wildman–Crippen LogP) is 1.61. The van der Waals surface area contributed by atoms with Crippen molar-refractivity contribution < 1.29 is 5.11 Å². The van der Waals surface area contributed by atoms with Crippen molar-refractivity contribution in [3.05, 3.63) is 18.0 Å². The van der Waals surface area contributed by atoms with Gasteiger partial charge in [-0.05, 0) is 30.6 Å². The van der Waals surface area contributed by atoms with Gasteiger partial charge in [-0.2, -0.15) is 16.9 Å². The summed E-state index contributed by atoms with van der Waals surface area (Å²) in [5.41, 5.74) is 0.760. The van der Waals surface area contributed by atoms with E-state index < -0.39 is 5.60 Å². The summed E-state index contributed by atoms with van der Waals surface area (Å²) < 4.78 is 1.81. The standard InChI is InChI=1S/C11H18N2OS/c1-9-11(14,5-6-15-9)4-3-10-7-12-13(2)8-10/h7-9,14H,3-6H2,1-2H3. The minimum atomic E-state index is -0.458. The zero-order valence-electron chi connectivity index (χ0n) is 9.31. The monoisotopic (exact) mass is 226 g/mol. The molecule has 0 aromatic carbocycles. The molecule has 0 bridgehead atoms. The highest BCUT2D eigenvalue weighted by atomic mass is 32.2. The van der Waals surface area contributed by atoms with Crippen molar-refractivity contribution >= 4 is 11.8 Å². The molecule has 84 valence electrons. The summed E-state index contributed by atoms with van der Waals surface area (Å²) in [5.74, 6) is 1.09. The number of aliphatic hydroxyl groups is 1. The second-order valence-electron chi connectivity index (χ2n) is 4.39. The lowest BCUT2D eigenvalue weighted by molar-refractivity contribution is 0.0375. The molecule has 1 N–H and O–H groups in total. The SMILES string of the molecule is CC1SCCC1(O)CCc1cnn(C)c1. The molecule has 1 aromatic rings. The zero-order valence-corrected chi connectivity index (χ0v) is 10.1. The van der Waals surface area contributed by atoms with Crippen LogP contribution in [0.1, 0.15) is 25.3 Å². The molecule has 3 nitrogen and oxygen atoms in total. The van der Waals surface area contributed by atoms with E-state index in [0.29, 0.717) is 5.25 Å². The van der Waals surface area contributed by atoms with Crippen molar-refractivity contribution in [2.45, 2.75) is 37.0 Å². The highest BCUT2D eigenvalue weighted by Crippen LogP contribution is 2.38. The molecule has 4 heteroatoms. The first-order valence-corrected chi connectivity index (χ1v) is 6.46. The third-order valence-electron chi connectivity index (χ3n) is 3.26. The summed E-state index contributed by atoms with van der Waals surface area (Å²) in [6, 6.07) is 0. The maximum atomic E-state index is 10.4. The molecule has 0 radical (unpaired) electrons. The lowest BCUT2D eigenvalue weighted by Crippen LogP contribution is -2.34. The van der Waals surface area contributed by atoms with Crippen LogP contribution < -0.4 is 0 Å². The quantitative estimate of drug-likeness (QED) is 0.851. The number of nitrogens with zero attached hydrogens (tertiary/aromatic N) is 2. The van der Waals surface area contributed by atoms with Crippen LogP contribution in [-0.2, 0) is 13.5 Å². The Morgan fingerprint density at radius 2 is 2.53 bits per heavy atom. The topological polar surface area (TPSA) is 38.1 Å². The van der Waals surface area contributed by atoms with Crippen LogP contribution in [0.5, 0.6) is 0 Å². The van der Waals surface area contributed by atoms with Gasteiger partial charge in [0.1, 0.15) is 0 Å². The van der Waals surface area contributed by atoms with Crippen molar-refractivity contribution in [2.24, 2.45) is 7.05 Å². The Morgan fingerprint density at radius 3 is 3.07 bits per heavy atom. The van der Waals surface area contributed by atoms with Gasteiger partial charge in [-0.25, -0.2) is 0 Å². The molecule has 1 aromatic heterocycles. The van der Waals surface area contributed by atoms with Crippen molar-refractivity contribution in [1.82, 2.24) is 9.78 Å². The van der Waals surface area contributed by atoms with Crippen LogP contribution in [0.15, 0.2) is 12.4 Å². The summed E-state index contributed by atoms with van der Waals surface area (Å²) in [6.45, 7) is 2.13. The minimum Gasteiger partial charge on any atom is -0.389 e. The van der Waals surface area contributed by atoms with E-state index in [1.165, 1.54) is 5.56 Å². The van der Waals surface area contributed by atoms with Gasteiger partial charge in [0.25, 0.3) is 0 Å². The maximum Gasteiger partial charge on any atom is 0.0774 e. The molecule has 1 fully saturated rings. The second kappa shape index (κ2) is 4.18. The highest BCUT2D eigenvalue weighted by molar-refractivity contribution is 8.00. The van der Waals surface area contributed by atoms with Gasteiger partial charge in [-0.1, -0.05) is 6.92 Å². The Labute approximate surface area is 94.9 Å². The first-order chi connectivity index (χ1) is 7.10. The Balaban J connectivity index is 1.92. The largest absolute Gasteiger partial charge is 0.389 e. The fourth-order valence-electron chi connectivity index (χ4n) is 2.06. The van der Waals surface area contributed by atoms with Gasteiger partial charge < -0.3 is 5.11 Å². The molecule has 0 saturated carbocycles. The Bertz CT molecular complexity index is 339. The Hall–Kier alpha value is -0.480. The predicted molar refractivity (Wildman–Crippen MR) is 63.0 cm³/mol. The van der Waals surface area contributed by atoms with Gasteiger partial charge in [0.15, 0.2) is 0 Å². The van der Waals surface area contributed by atoms with Gasteiger partial charge in [0, 0.05) is 18.5 Å². The van der Waals surface area contributed by atoms with Gasteiger partial charge in [-0.3, -0.25) is 4.68 Å². The van der Waals surface area contributed by atoms with E-state index in [-0.39, 0.29) is 0 Å². The van der Waals surface area contributed by atoms with E-state index in [2.05, 4.69) is 12.0 Å². The zero-order chi connectivity index (χ0) is 10.9. The summed E-state index contributed by atoms with van der Waals surface area (Å²) in [4.78, 5) is 0. The fourth-order valence-corrected chi connectivity index (χ4v) is 3.43.